The van der Waals surface area contributed by atoms with Gasteiger partial charge in [-0.2, -0.15) is 4.31 Å². The maximum absolute atomic E-state index is 12.3. The molecule has 0 amide bonds. The molecule has 1 saturated heterocycles. The molecule has 18 heavy (non-hydrogen) atoms. The molecule has 1 aromatic heterocycles. The van der Waals surface area contributed by atoms with Crippen LogP contribution < -0.4 is 5.32 Å². The van der Waals surface area contributed by atoms with E-state index in [1.807, 2.05) is 10.8 Å². The third kappa shape index (κ3) is 2.30. The Labute approximate surface area is 107 Å². The van der Waals surface area contributed by atoms with Gasteiger partial charge < -0.3 is 9.88 Å². The van der Waals surface area contributed by atoms with Crippen molar-refractivity contribution in [3.63, 3.8) is 0 Å². The van der Waals surface area contributed by atoms with Crippen molar-refractivity contribution >= 4 is 10.0 Å². The molecule has 1 atom stereocenters. The lowest BCUT2D eigenvalue weighted by Crippen LogP contribution is -2.43. The van der Waals surface area contributed by atoms with E-state index >= 15 is 0 Å². The van der Waals surface area contributed by atoms with Crippen LogP contribution in [-0.2, 0) is 23.1 Å². The maximum atomic E-state index is 12.3. The van der Waals surface area contributed by atoms with Crippen LogP contribution in [0.3, 0.4) is 0 Å². The molecule has 100 valence electrons. The summed E-state index contributed by atoms with van der Waals surface area (Å²) in [5.74, 6) is 1.05. The Morgan fingerprint density at radius 2 is 2.33 bits per heavy atom. The van der Waals surface area contributed by atoms with E-state index in [1.165, 1.54) is 0 Å². The Morgan fingerprint density at radius 1 is 1.44 bits per heavy atom. The van der Waals surface area contributed by atoms with Crippen molar-refractivity contribution in [2.24, 2.45) is 0 Å². The lowest BCUT2D eigenvalue weighted by atomic mass is 10.3. The van der Waals surface area contributed by atoms with Crippen molar-refractivity contribution in [1.82, 2.24) is 19.2 Å². The molecule has 6 nitrogen and oxygen atoms in total. The molecule has 1 fully saturated rings. The molecule has 0 radical (unpaired) electrons. The number of imidazole rings is 1. The zero-order chi connectivity index (χ0) is 12.6. The Morgan fingerprint density at radius 3 is 3.11 bits per heavy atom. The molecule has 2 aliphatic rings. The van der Waals surface area contributed by atoms with Gasteiger partial charge in [-0.05, 0) is 19.4 Å². The normalized spacial score (nSPS) is 25.2. The number of hydrogen-bond acceptors (Lipinski definition) is 4. The van der Waals surface area contributed by atoms with Crippen LogP contribution in [0.4, 0.5) is 0 Å². The fourth-order valence-electron chi connectivity index (χ4n) is 2.65. The van der Waals surface area contributed by atoms with Gasteiger partial charge in [0.15, 0.2) is 0 Å². The Hall–Kier alpha value is -0.920. The van der Waals surface area contributed by atoms with Crippen LogP contribution in [0.25, 0.3) is 0 Å². The summed E-state index contributed by atoms with van der Waals surface area (Å²) in [5.41, 5.74) is 0. The van der Waals surface area contributed by atoms with E-state index < -0.39 is 10.0 Å². The first-order valence-electron chi connectivity index (χ1n) is 6.36. The van der Waals surface area contributed by atoms with E-state index in [0.717, 1.165) is 25.2 Å². The van der Waals surface area contributed by atoms with Gasteiger partial charge in [0.25, 0.3) is 0 Å². The maximum Gasteiger partial charge on any atom is 0.216 e. The summed E-state index contributed by atoms with van der Waals surface area (Å²) in [4.78, 5) is 4.19. The summed E-state index contributed by atoms with van der Waals surface area (Å²) in [7, 11) is -3.17. The molecule has 0 aromatic carbocycles. The van der Waals surface area contributed by atoms with Crippen LogP contribution in [0.1, 0.15) is 18.7 Å². The van der Waals surface area contributed by atoms with Gasteiger partial charge in [0.1, 0.15) is 5.82 Å². The van der Waals surface area contributed by atoms with Gasteiger partial charge in [0, 0.05) is 31.5 Å². The molecule has 1 unspecified atom stereocenters. The SMILES string of the molecule is O=S(=O)(CC1CCCN1)N1CCn2ccnc2C1. The van der Waals surface area contributed by atoms with Gasteiger partial charge in [-0.3, -0.25) is 0 Å². The minimum atomic E-state index is -3.17. The average molecular weight is 270 g/mol. The number of fused-ring (bicyclic) bond motifs is 1. The van der Waals surface area contributed by atoms with Crippen LogP contribution in [0.5, 0.6) is 0 Å². The Bertz CT molecular complexity index is 519. The smallest absolute Gasteiger partial charge is 0.216 e. The average Bonchev–Trinajstić information content (AvgIpc) is 2.97. The zero-order valence-corrected chi connectivity index (χ0v) is 11.1. The molecule has 3 rings (SSSR count). The highest BCUT2D eigenvalue weighted by atomic mass is 32.2. The number of hydrogen-bond donors (Lipinski definition) is 1. The highest BCUT2D eigenvalue weighted by molar-refractivity contribution is 7.89. The Balaban J connectivity index is 1.71. The van der Waals surface area contributed by atoms with Crippen LogP contribution in [0.2, 0.25) is 0 Å². The first-order chi connectivity index (χ1) is 8.65. The van der Waals surface area contributed by atoms with Crippen molar-refractivity contribution in [3.8, 4) is 0 Å². The molecule has 0 aliphatic carbocycles. The second-order valence-electron chi connectivity index (χ2n) is 4.94. The van der Waals surface area contributed by atoms with E-state index in [-0.39, 0.29) is 11.8 Å². The second kappa shape index (κ2) is 4.64. The molecule has 2 aliphatic heterocycles. The van der Waals surface area contributed by atoms with Gasteiger partial charge in [0.2, 0.25) is 10.0 Å². The lowest BCUT2D eigenvalue weighted by Gasteiger charge is -2.28. The van der Waals surface area contributed by atoms with Crippen LogP contribution in [0, 0.1) is 0 Å². The summed E-state index contributed by atoms with van der Waals surface area (Å²) < 4.78 is 28.2. The quantitative estimate of drug-likeness (QED) is 0.824. The number of rotatable bonds is 3. The monoisotopic (exact) mass is 270 g/mol. The molecular weight excluding hydrogens is 252 g/mol. The van der Waals surface area contributed by atoms with E-state index in [1.54, 1.807) is 10.5 Å². The molecule has 0 saturated carbocycles. The Kier molecular flexibility index (Phi) is 3.13. The molecule has 0 bridgehead atoms. The molecule has 7 heteroatoms. The molecule has 3 heterocycles. The lowest BCUT2D eigenvalue weighted by molar-refractivity contribution is 0.334. The fourth-order valence-corrected chi connectivity index (χ4v) is 4.32. The largest absolute Gasteiger partial charge is 0.333 e. The van der Waals surface area contributed by atoms with E-state index in [9.17, 15) is 8.42 Å². The second-order valence-corrected chi connectivity index (χ2v) is 6.96. The minimum absolute atomic E-state index is 0.122. The fraction of sp³-hybridized carbons (Fsp3) is 0.727. The third-order valence-corrected chi connectivity index (χ3v) is 5.60. The number of nitrogens with zero attached hydrogens (tertiary/aromatic N) is 3. The molecule has 1 N–H and O–H groups in total. The number of aromatic nitrogens is 2. The van der Waals surface area contributed by atoms with Crippen molar-refractivity contribution in [1.29, 1.82) is 0 Å². The molecular formula is C11H18N4O2S. The van der Waals surface area contributed by atoms with Gasteiger partial charge in [-0.25, -0.2) is 13.4 Å². The van der Waals surface area contributed by atoms with Crippen molar-refractivity contribution in [2.45, 2.75) is 32.0 Å². The predicted octanol–water partition coefficient (Wildman–Crippen LogP) is -0.219. The number of sulfonamides is 1. The molecule has 1 aromatic rings. The van der Waals surface area contributed by atoms with Crippen molar-refractivity contribution < 1.29 is 8.42 Å². The third-order valence-electron chi connectivity index (χ3n) is 3.68. The summed E-state index contributed by atoms with van der Waals surface area (Å²) in [6, 6.07) is 0.122. The van der Waals surface area contributed by atoms with Gasteiger partial charge >= 0.3 is 0 Å². The van der Waals surface area contributed by atoms with E-state index in [4.69, 9.17) is 0 Å². The summed E-state index contributed by atoms with van der Waals surface area (Å²) in [6.07, 6.45) is 5.66. The van der Waals surface area contributed by atoms with Gasteiger partial charge in [-0.15, -0.1) is 0 Å². The minimum Gasteiger partial charge on any atom is -0.333 e. The van der Waals surface area contributed by atoms with Gasteiger partial charge in [-0.1, -0.05) is 0 Å². The molecule has 0 spiro atoms. The van der Waals surface area contributed by atoms with Gasteiger partial charge in [0.05, 0.1) is 12.3 Å². The summed E-state index contributed by atoms with van der Waals surface area (Å²) in [6.45, 7) is 2.59. The number of nitrogens with one attached hydrogen (secondary N) is 1. The van der Waals surface area contributed by atoms with Crippen LogP contribution >= 0.6 is 0 Å². The highest BCUT2D eigenvalue weighted by Crippen LogP contribution is 2.17. The van der Waals surface area contributed by atoms with Crippen LogP contribution in [0.15, 0.2) is 12.4 Å². The van der Waals surface area contributed by atoms with Crippen LogP contribution in [-0.4, -0.2) is 47.2 Å². The van der Waals surface area contributed by atoms with E-state index in [2.05, 4.69) is 10.3 Å². The van der Waals surface area contributed by atoms with Crippen molar-refractivity contribution in [2.75, 3.05) is 18.8 Å². The summed E-state index contributed by atoms with van der Waals surface area (Å²) >= 11 is 0. The topological polar surface area (TPSA) is 67.2 Å². The van der Waals surface area contributed by atoms with E-state index in [0.29, 0.717) is 19.6 Å². The first kappa shape index (κ1) is 12.1. The highest BCUT2D eigenvalue weighted by Gasteiger charge is 2.30. The summed E-state index contributed by atoms with van der Waals surface area (Å²) in [5, 5.41) is 3.24. The standard InChI is InChI=1S/C11H18N4O2S/c16-18(17,9-10-2-1-3-12-10)15-7-6-14-5-4-13-11(14)8-15/h4-5,10,12H,1-3,6-9H2. The first-order valence-corrected chi connectivity index (χ1v) is 7.97. The van der Waals surface area contributed by atoms with Crippen molar-refractivity contribution in [3.05, 3.63) is 18.2 Å². The predicted molar refractivity (Wildman–Crippen MR) is 67.4 cm³/mol. The zero-order valence-electron chi connectivity index (χ0n) is 10.2.